The number of carboxylic acid groups (broad SMARTS) is 1. The van der Waals surface area contributed by atoms with Gasteiger partial charge in [0, 0.05) is 58.7 Å². The third-order valence-corrected chi connectivity index (χ3v) is 11.0. The van der Waals surface area contributed by atoms with Gasteiger partial charge in [-0.15, -0.1) is 11.8 Å². The number of halogens is 1. The van der Waals surface area contributed by atoms with Crippen LogP contribution in [0, 0.1) is 6.92 Å². The van der Waals surface area contributed by atoms with Crippen LogP contribution in [-0.4, -0.2) is 48.5 Å². The topological polar surface area (TPSA) is 111 Å². The fourth-order valence-corrected chi connectivity index (χ4v) is 8.76. The predicted molar refractivity (Wildman–Crippen MR) is 186 cm³/mol. The standard InChI is InChI=1S/C35H38ClN7O3S/c1-20-30(28-9-3-4-13-42(28)39-20)31-27(36)11-10-26-25-8-6-14-46-29-17-24(15-21-7-5-12-37-32(21)29)47-19-23-16-22(40-41(23)2)18-38-43(33(26)31)34(25)35(44)45/h10-11,15-17,37-38H,3-9,12-14,18-19H2,1-2H3,(H,44,45). The summed E-state index contributed by atoms with van der Waals surface area (Å²) in [6.07, 6.45) is 6.36. The number of aryl methyl sites for hydroxylation is 5. The van der Waals surface area contributed by atoms with Crippen molar-refractivity contribution < 1.29 is 14.6 Å². The lowest BCUT2D eigenvalue weighted by molar-refractivity contribution is 0.0685. The maximum atomic E-state index is 13.2. The molecule has 0 amide bonds. The second-order valence-electron chi connectivity index (χ2n) is 12.7. The van der Waals surface area contributed by atoms with Crippen LogP contribution in [0.25, 0.3) is 22.0 Å². The van der Waals surface area contributed by atoms with Crippen LogP contribution in [0.1, 0.15) is 70.1 Å². The monoisotopic (exact) mass is 671 g/mol. The highest BCUT2D eigenvalue weighted by atomic mass is 35.5. The van der Waals surface area contributed by atoms with Gasteiger partial charge in [-0.1, -0.05) is 17.7 Å². The molecule has 2 aromatic carbocycles. The van der Waals surface area contributed by atoms with Gasteiger partial charge in [-0.25, -0.2) is 4.79 Å². The smallest absolute Gasteiger partial charge is 0.354 e. The minimum absolute atomic E-state index is 0.208. The van der Waals surface area contributed by atoms with Crippen LogP contribution in [0.15, 0.2) is 35.2 Å². The molecule has 0 saturated heterocycles. The van der Waals surface area contributed by atoms with Crippen molar-refractivity contribution >= 4 is 45.9 Å². The number of nitrogens with zero attached hydrogens (tertiary/aromatic N) is 5. The molecular formula is C35H38ClN7O3S. The molecule has 0 saturated carbocycles. The Morgan fingerprint density at radius 2 is 1.96 bits per heavy atom. The third kappa shape index (κ3) is 5.33. The zero-order valence-corrected chi connectivity index (χ0v) is 28.2. The van der Waals surface area contributed by atoms with Crippen molar-refractivity contribution in [3.05, 3.63) is 75.0 Å². The van der Waals surface area contributed by atoms with Gasteiger partial charge in [0.2, 0.25) is 0 Å². The highest BCUT2D eigenvalue weighted by Gasteiger charge is 2.30. The number of aromatic carboxylic acids is 1. The van der Waals surface area contributed by atoms with E-state index in [1.165, 1.54) is 10.5 Å². The normalized spacial score (nSPS) is 16.4. The molecule has 6 bridgehead atoms. The predicted octanol–water partition coefficient (Wildman–Crippen LogP) is 6.95. The number of carboxylic acids is 1. The van der Waals surface area contributed by atoms with Crippen molar-refractivity contribution in [3.8, 4) is 16.9 Å². The van der Waals surface area contributed by atoms with Gasteiger partial charge >= 0.3 is 5.97 Å². The Morgan fingerprint density at radius 1 is 1.06 bits per heavy atom. The second-order valence-corrected chi connectivity index (χ2v) is 14.1. The van der Waals surface area contributed by atoms with E-state index in [2.05, 4.69) is 33.6 Å². The van der Waals surface area contributed by atoms with Crippen LogP contribution in [0.5, 0.6) is 5.75 Å². The minimum Gasteiger partial charge on any atom is -0.491 e. The van der Waals surface area contributed by atoms with Crippen molar-refractivity contribution in [2.45, 2.75) is 75.6 Å². The lowest BCUT2D eigenvalue weighted by Gasteiger charge is -2.22. The molecule has 0 fully saturated rings. The number of nitrogens with one attached hydrogen (secondary N) is 2. The molecule has 8 rings (SSSR count). The summed E-state index contributed by atoms with van der Waals surface area (Å²) in [5.41, 5.74) is 13.3. The Hall–Kier alpha value is -4.09. The van der Waals surface area contributed by atoms with E-state index in [1.807, 2.05) is 30.8 Å². The number of anilines is 1. The van der Waals surface area contributed by atoms with E-state index < -0.39 is 5.97 Å². The van der Waals surface area contributed by atoms with Gasteiger partial charge in [0.1, 0.15) is 5.75 Å². The Bertz CT molecular complexity index is 2040. The van der Waals surface area contributed by atoms with Gasteiger partial charge in [0.25, 0.3) is 0 Å². The molecule has 3 aliphatic rings. The van der Waals surface area contributed by atoms with Gasteiger partial charge < -0.3 is 20.6 Å². The van der Waals surface area contributed by atoms with Gasteiger partial charge in [-0.05, 0) is 87.3 Å². The van der Waals surface area contributed by atoms with E-state index >= 15 is 0 Å². The molecule has 6 heterocycles. The number of hydrogen-bond acceptors (Lipinski definition) is 7. The van der Waals surface area contributed by atoms with E-state index in [9.17, 15) is 9.90 Å². The van der Waals surface area contributed by atoms with Crippen LogP contribution in [0.3, 0.4) is 0 Å². The molecule has 0 atom stereocenters. The van der Waals surface area contributed by atoms with Gasteiger partial charge in [-0.2, -0.15) is 10.2 Å². The average Bonchev–Trinajstić information content (AvgIpc) is 3.70. The summed E-state index contributed by atoms with van der Waals surface area (Å²) >= 11 is 8.85. The average molecular weight is 672 g/mol. The highest BCUT2D eigenvalue weighted by molar-refractivity contribution is 7.98. The van der Waals surface area contributed by atoms with Gasteiger partial charge in [0.05, 0.1) is 40.8 Å². The van der Waals surface area contributed by atoms with Crippen molar-refractivity contribution in [2.24, 2.45) is 7.05 Å². The molecular weight excluding hydrogens is 634 g/mol. The first-order chi connectivity index (χ1) is 22.9. The maximum Gasteiger partial charge on any atom is 0.354 e. The highest BCUT2D eigenvalue weighted by Crippen LogP contribution is 2.43. The quantitative estimate of drug-likeness (QED) is 0.185. The summed E-state index contributed by atoms with van der Waals surface area (Å²) in [6, 6.07) is 10.4. The number of carbonyl (C=O) groups is 1. The van der Waals surface area contributed by atoms with Crippen molar-refractivity contribution in [1.82, 2.24) is 24.2 Å². The van der Waals surface area contributed by atoms with Gasteiger partial charge in [0.15, 0.2) is 5.69 Å². The number of hydrogen-bond donors (Lipinski definition) is 3. The number of benzene rings is 2. The van der Waals surface area contributed by atoms with Crippen LogP contribution >= 0.6 is 23.4 Å². The summed E-state index contributed by atoms with van der Waals surface area (Å²) in [6.45, 7) is 4.62. The molecule has 3 aliphatic heterocycles. The zero-order valence-electron chi connectivity index (χ0n) is 26.7. The second kappa shape index (κ2) is 12.2. The molecule has 0 unspecified atom stereocenters. The zero-order chi connectivity index (χ0) is 32.2. The fraction of sp³-hybridized carbons (Fsp3) is 0.400. The Kier molecular flexibility index (Phi) is 7.84. The summed E-state index contributed by atoms with van der Waals surface area (Å²) in [7, 11) is 1.96. The first kappa shape index (κ1) is 30.3. The molecule has 12 heteroatoms. The summed E-state index contributed by atoms with van der Waals surface area (Å²) in [5, 5.41) is 25.5. The largest absolute Gasteiger partial charge is 0.491 e. The Labute approximate surface area is 282 Å². The minimum atomic E-state index is -0.998. The fourth-order valence-electron chi connectivity index (χ4n) is 7.51. The maximum absolute atomic E-state index is 13.2. The number of thioether (sulfide) groups is 1. The number of aromatic nitrogens is 5. The molecule has 0 radical (unpaired) electrons. The summed E-state index contributed by atoms with van der Waals surface area (Å²) < 4.78 is 12.2. The SMILES string of the molecule is Cc1nn2c(c1-c1c(Cl)ccc3c4c(C(=O)O)n(c13)NCc1cc(n(C)n1)CSc1cc3c(c(c1)OCCC4)NCCC3)CCCC2. The number of ether oxygens (including phenoxy) is 1. The molecule has 3 N–H and O–H groups in total. The molecule has 0 spiro atoms. The molecule has 0 aliphatic carbocycles. The van der Waals surface area contributed by atoms with E-state index in [0.29, 0.717) is 31.0 Å². The third-order valence-electron chi connectivity index (χ3n) is 9.65. The number of fused-ring (bicyclic) bond motifs is 12. The summed E-state index contributed by atoms with van der Waals surface area (Å²) in [4.78, 5) is 14.3. The van der Waals surface area contributed by atoms with E-state index in [-0.39, 0.29) is 5.69 Å². The number of rotatable bonds is 2. The van der Waals surface area contributed by atoms with Crippen LogP contribution in [-0.2, 0) is 45.2 Å². The van der Waals surface area contributed by atoms with Crippen molar-refractivity contribution in [2.75, 3.05) is 23.9 Å². The Balaban J connectivity index is 1.29. The first-order valence-corrected chi connectivity index (χ1v) is 17.8. The Morgan fingerprint density at radius 3 is 2.83 bits per heavy atom. The van der Waals surface area contributed by atoms with Gasteiger partial charge in [-0.3, -0.25) is 14.0 Å². The first-order valence-electron chi connectivity index (χ1n) is 16.4. The summed E-state index contributed by atoms with van der Waals surface area (Å²) in [5.74, 6) is 0.609. The van der Waals surface area contributed by atoms with Crippen LogP contribution in [0.4, 0.5) is 5.69 Å². The lowest BCUT2D eigenvalue weighted by Crippen LogP contribution is -2.21. The molecule has 244 valence electrons. The van der Waals surface area contributed by atoms with E-state index in [4.69, 9.17) is 26.5 Å². The molecule has 10 nitrogen and oxygen atoms in total. The van der Waals surface area contributed by atoms with Crippen molar-refractivity contribution in [1.29, 1.82) is 0 Å². The molecule has 3 aromatic heterocycles. The van der Waals surface area contributed by atoms with Crippen LogP contribution < -0.4 is 15.5 Å². The molecule has 47 heavy (non-hydrogen) atoms. The lowest BCUT2D eigenvalue weighted by atomic mass is 9.95. The van der Waals surface area contributed by atoms with E-state index in [0.717, 1.165) is 113 Å². The van der Waals surface area contributed by atoms with Crippen molar-refractivity contribution in [3.63, 3.8) is 0 Å². The van der Waals surface area contributed by atoms with Crippen LogP contribution in [0.2, 0.25) is 5.02 Å². The van der Waals surface area contributed by atoms with E-state index in [1.54, 1.807) is 16.4 Å². The molecule has 5 aromatic rings.